The normalized spacial score (nSPS) is 14.9. The Labute approximate surface area is 173 Å². The largest absolute Gasteiger partial charge is 0.493 e. The molecule has 0 unspecified atom stereocenters. The van der Waals surface area contributed by atoms with E-state index in [1.54, 1.807) is 14.2 Å². The van der Waals surface area contributed by atoms with Gasteiger partial charge in [0.05, 0.1) is 14.2 Å². The molecule has 0 radical (unpaired) electrons. The van der Waals surface area contributed by atoms with Gasteiger partial charge in [-0.05, 0) is 36.5 Å². The first-order valence-corrected chi connectivity index (χ1v) is 10.3. The number of nitrogens with zero attached hydrogens (tertiary/aromatic N) is 3. The molecular formula is C22H32N4O3. The SMILES string of the molecule is COc1ccc(CNC(=O)N2CCC(Cn3ccnc3C(C)C)CC2)cc1OC. The Kier molecular flexibility index (Phi) is 7.01. The van der Waals surface area contributed by atoms with Crippen LogP contribution in [0.25, 0.3) is 0 Å². The predicted molar refractivity (Wildman–Crippen MR) is 112 cm³/mol. The molecule has 7 nitrogen and oxygen atoms in total. The van der Waals surface area contributed by atoms with E-state index in [1.165, 1.54) is 0 Å². The smallest absolute Gasteiger partial charge is 0.317 e. The van der Waals surface area contributed by atoms with Gasteiger partial charge in [0, 0.05) is 44.5 Å². The Morgan fingerprint density at radius 1 is 1.21 bits per heavy atom. The maximum Gasteiger partial charge on any atom is 0.317 e. The third-order valence-electron chi connectivity index (χ3n) is 5.51. The zero-order chi connectivity index (χ0) is 20.8. The molecule has 2 amide bonds. The Bertz CT molecular complexity index is 810. The van der Waals surface area contributed by atoms with Gasteiger partial charge in [-0.25, -0.2) is 9.78 Å². The number of urea groups is 1. The van der Waals surface area contributed by atoms with E-state index >= 15 is 0 Å². The number of aromatic nitrogens is 2. The number of piperidine rings is 1. The van der Waals surface area contributed by atoms with Crippen LogP contribution in [0.1, 0.15) is 44.0 Å². The number of hydrogen-bond acceptors (Lipinski definition) is 4. The number of carbonyl (C=O) groups is 1. The quantitative estimate of drug-likeness (QED) is 0.770. The molecule has 3 rings (SSSR count). The molecule has 1 saturated heterocycles. The van der Waals surface area contributed by atoms with Crippen LogP contribution in [0.5, 0.6) is 11.5 Å². The average molecular weight is 401 g/mol. The minimum atomic E-state index is -0.0104. The maximum absolute atomic E-state index is 12.6. The third-order valence-corrected chi connectivity index (χ3v) is 5.51. The van der Waals surface area contributed by atoms with Crippen molar-refractivity contribution in [1.82, 2.24) is 19.8 Å². The summed E-state index contributed by atoms with van der Waals surface area (Å²) >= 11 is 0. The van der Waals surface area contributed by atoms with Crippen molar-refractivity contribution in [2.75, 3.05) is 27.3 Å². The molecule has 0 atom stereocenters. The second-order valence-electron chi connectivity index (χ2n) is 7.87. The average Bonchev–Trinajstić information content (AvgIpc) is 3.20. The number of methoxy groups -OCH3 is 2. The van der Waals surface area contributed by atoms with Gasteiger partial charge in [-0.2, -0.15) is 0 Å². The number of carbonyl (C=O) groups excluding carboxylic acids is 1. The molecule has 0 spiro atoms. The summed E-state index contributed by atoms with van der Waals surface area (Å²) in [5.41, 5.74) is 0.979. The van der Waals surface area contributed by atoms with Gasteiger partial charge in [-0.15, -0.1) is 0 Å². The number of amides is 2. The number of nitrogens with one attached hydrogen (secondary N) is 1. The van der Waals surface area contributed by atoms with E-state index in [4.69, 9.17) is 9.47 Å². The zero-order valence-corrected chi connectivity index (χ0v) is 17.9. The van der Waals surface area contributed by atoms with Crippen LogP contribution < -0.4 is 14.8 Å². The summed E-state index contributed by atoms with van der Waals surface area (Å²) in [4.78, 5) is 18.9. The highest BCUT2D eigenvalue weighted by Gasteiger charge is 2.23. The highest BCUT2D eigenvalue weighted by atomic mass is 16.5. The van der Waals surface area contributed by atoms with E-state index in [0.717, 1.165) is 43.9 Å². The van der Waals surface area contributed by atoms with Crippen molar-refractivity contribution in [3.63, 3.8) is 0 Å². The van der Waals surface area contributed by atoms with Crippen molar-refractivity contribution >= 4 is 6.03 Å². The summed E-state index contributed by atoms with van der Waals surface area (Å²) < 4.78 is 12.8. The lowest BCUT2D eigenvalue weighted by Gasteiger charge is -2.32. The molecule has 1 fully saturated rings. The van der Waals surface area contributed by atoms with Crippen LogP contribution in [0.2, 0.25) is 0 Å². The van der Waals surface area contributed by atoms with Gasteiger partial charge < -0.3 is 24.3 Å². The summed E-state index contributed by atoms with van der Waals surface area (Å²) in [6.45, 7) is 7.36. The minimum Gasteiger partial charge on any atom is -0.493 e. The van der Waals surface area contributed by atoms with Crippen LogP contribution in [0.4, 0.5) is 4.79 Å². The van der Waals surface area contributed by atoms with Crippen LogP contribution in [0.3, 0.4) is 0 Å². The molecule has 1 aliphatic heterocycles. The van der Waals surface area contributed by atoms with Crippen molar-refractivity contribution in [1.29, 1.82) is 0 Å². The summed E-state index contributed by atoms with van der Waals surface area (Å²) in [6.07, 6.45) is 5.97. The lowest BCUT2D eigenvalue weighted by atomic mass is 9.96. The maximum atomic E-state index is 12.6. The van der Waals surface area contributed by atoms with Crippen LogP contribution in [0.15, 0.2) is 30.6 Å². The molecule has 0 bridgehead atoms. The Morgan fingerprint density at radius 3 is 2.59 bits per heavy atom. The fourth-order valence-corrected chi connectivity index (χ4v) is 3.85. The van der Waals surface area contributed by atoms with E-state index < -0.39 is 0 Å². The second-order valence-corrected chi connectivity index (χ2v) is 7.87. The molecule has 1 aromatic carbocycles. The summed E-state index contributed by atoms with van der Waals surface area (Å²) in [5.74, 6) is 3.49. The van der Waals surface area contributed by atoms with E-state index in [9.17, 15) is 4.79 Å². The van der Waals surface area contributed by atoms with Crippen molar-refractivity contribution in [3.05, 3.63) is 42.0 Å². The molecule has 0 aliphatic carbocycles. The van der Waals surface area contributed by atoms with E-state index in [-0.39, 0.29) is 6.03 Å². The fraction of sp³-hybridized carbons (Fsp3) is 0.545. The van der Waals surface area contributed by atoms with E-state index in [1.807, 2.05) is 29.3 Å². The summed E-state index contributed by atoms with van der Waals surface area (Å²) in [5, 5.41) is 3.02. The standard InChI is InChI=1S/C22H32N4O3/c1-16(2)21-23-9-12-26(21)15-17-7-10-25(11-8-17)22(27)24-14-18-5-6-19(28-3)20(13-18)29-4/h5-6,9,12-13,16-17H,7-8,10-11,14-15H2,1-4H3,(H,24,27). The lowest BCUT2D eigenvalue weighted by molar-refractivity contribution is 0.165. The van der Waals surface area contributed by atoms with Gasteiger partial charge in [0.2, 0.25) is 0 Å². The van der Waals surface area contributed by atoms with Crippen molar-refractivity contribution in [3.8, 4) is 11.5 Å². The van der Waals surface area contributed by atoms with Crippen LogP contribution in [0, 0.1) is 5.92 Å². The van der Waals surface area contributed by atoms with Gasteiger partial charge in [0.15, 0.2) is 11.5 Å². The first-order chi connectivity index (χ1) is 14.0. The summed E-state index contributed by atoms with van der Waals surface area (Å²) in [6, 6.07) is 5.67. The first kappa shape index (κ1) is 21.0. The minimum absolute atomic E-state index is 0.0104. The number of likely N-dealkylation sites (tertiary alicyclic amines) is 1. The zero-order valence-electron chi connectivity index (χ0n) is 17.9. The van der Waals surface area contributed by atoms with Crippen molar-refractivity contribution in [2.45, 2.75) is 45.7 Å². The molecule has 1 aromatic heterocycles. The number of imidazole rings is 1. The Morgan fingerprint density at radius 2 is 1.93 bits per heavy atom. The van der Waals surface area contributed by atoms with Gasteiger partial charge in [-0.3, -0.25) is 0 Å². The molecule has 1 aliphatic rings. The molecule has 1 N–H and O–H groups in total. The predicted octanol–water partition coefficient (Wildman–Crippen LogP) is 3.65. The van der Waals surface area contributed by atoms with Gasteiger partial charge >= 0.3 is 6.03 Å². The third kappa shape index (κ3) is 5.22. The van der Waals surface area contributed by atoms with E-state index in [0.29, 0.717) is 29.9 Å². The van der Waals surface area contributed by atoms with Crippen LogP contribution >= 0.6 is 0 Å². The summed E-state index contributed by atoms with van der Waals surface area (Å²) in [7, 11) is 3.22. The monoisotopic (exact) mass is 400 g/mol. The molecular weight excluding hydrogens is 368 g/mol. The molecule has 2 aromatic rings. The fourth-order valence-electron chi connectivity index (χ4n) is 3.85. The Hall–Kier alpha value is -2.70. The van der Waals surface area contributed by atoms with Crippen LogP contribution in [-0.4, -0.2) is 47.8 Å². The number of rotatable bonds is 7. The van der Waals surface area contributed by atoms with Gasteiger partial charge in [-0.1, -0.05) is 19.9 Å². The van der Waals surface area contributed by atoms with Crippen LogP contribution in [-0.2, 0) is 13.1 Å². The lowest BCUT2D eigenvalue weighted by Crippen LogP contribution is -2.44. The molecule has 29 heavy (non-hydrogen) atoms. The Balaban J connectivity index is 1.47. The molecule has 2 heterocycles. The van der Waals surface area contributed by atoms with Crippen molar-refractivity contribution in [2.24, 2.45) is 5.92 Å². The number of benzene rings is 1. The second kappa shape index (κ2) is 9.67. The van der Waals surface area contributed by atoms with Gasteiger partial charge in [0.25, 0.3) is 0 Å². The van der Waals surface area contributed by atoms with Crippen molar-refractivity contribution < 1.29 is 14.3 Å². The number of hydrogen-bond donors (Lipinski definition) is 1. The first-order valence-electron chi connectivity index (χ1n) is 10.3. The topological polar surface area (TPSA) is 68.6 Å². The van der Waals surface area contributed by atoms with Gasteiger partial charge in [0.1, 0.15) is 5.82 Å². The number of ether oxygens (including phenoxy) is 2. The highest BCUT2D eigenvalue weighted by molar-refractivity contribution is 5.74. The molecule has 0 saturated carbocycles. The highest BCUT2D eigenvalue weighted by Crippen LogP contribution is 2.27. The molecule has 7 heteroatoms. The molecule has 158 valence electrons. The van der Waals surface area contributed by atoms with E-state index in [2.05, 4.69) is 34.9 Å².